The summed E-state index contributed by atoms with van der Waals surface area (Å²) in [7, 11) is 0. The Bertz CT molecular complexity index is 1030. The molecule has 3 rings (SSSR count). The van der Waals surface area contributed by atoms with Crippen molar-refractivity contribution >= 4 is 34.0 Å². The SMILES string of the molecule is CC(=O)Nc1c(N=NC(=O)c2ccccc2)c(O)c2ccccc2c1O. The Hall–Kier alpha value is -3.74. The molecule has 0 heterocycles. The highest BCUT2D eigenvalue weighted by Crippen LogP contribution is 2.48. The van der Waals surface area contributed by atoms with Crippen LogP contribution in [0.3, 0.4) is 0 Å². The van der Waals surface area contributed by atoms with E-state index in [0.29, 0.717) is 16.3 Å². The molecule has 0 atom stereocenters. The quantitative estimate of drug-likeness (QED) is 0.375. The van der Waals surface area contributed by atoms with Crippen LogP contribution in [-0.2, 0) is 4.79 Å². The molecule has 7 heteroatoms. The van der Waals surface area contributed by atoms with Crippen molar-refractivity contribution in [2.24, 2.45) is 10.2 Å². The van der Waals surface area contributed by atoms with Gasteiger partial charge in [-0.2, -0.15) is 0 Å². The van der Waals surface area contributed by atoms with E-state index in [0.717, 1.165) is 0 Å². The fourth-order valence-electron chi connectivity index (χ4n) is 2.51. The topological polar surface area (TPSA) is 111 Å². The number of benzene rings is 3. The molecule has 0 spiro atoms. The molecule has 3 aromatic carbocycles. The van der Waals surface area contributed by atoms with Gasteiger partial charge in [0.25, 0.3) is 5.91 Å². The molecule has 130 valence electrons. The highest BCUT2D eigenvalue weighted by molar-refractivity contribution is 6.07. The first kappa shape index (κ1) is 17.1. The van der Waals surface area contributed by atoms with Crippen molar-refractivity contribution in [2.75, 3.05) is 5.32 Å². The number of carbonyl (C=O) groups excluding carboxylic acids is 2. The molecule has 0 radical (unpaired) electrons. The van der Waals surface area contributed by atoms with Gasteiger partial charge in [-0.05, 0) is 12.1 Å². The number of phenols is 2. The molecule has 0 aliphatic heterocycles. The number of hydrogen-bond acceptors (Lipinski definition) is 5. The van der Waals surface area contributed by atoms with Gasteiger partial charge < -0.3 is 15.5 Å². The lowest BCUT2D eigenvalue weighted by Gasteiger charge is -2.13. The minimum Gasteiger partial charge on any atom is -0.505 e. The molecule has 0 saturated heterocycles. The number of azo groups is 1. The van der Waals surface area contributed by atoms with E-state index in [1.807, 2.05) is 0 Å². The number of fused-ring (bicyclic) bond motifs is 1. The van der Waals surface area contributed by atoms with Crippen molar-refractivity contribution in [1.29, 1.82) is 0 Å². The van der Waals surface area contributed by atoms with Gasteiger partial charge in [0, 0.05) is 23.3 Å². The summed E-state index contributed by atoms with van der Waals surface area (Å²) in [5.41, 5.74) is 0.0146. The molecule has 2 amide bonds. The van der Waals surface area contributed by atoms with E-state index in [1.165, 1.54) is 6.92 Å². The molecule has 3 aromatic rings. The summed E-state index contributed by atoms with van der Waals surface area (Å²) in [6, 6.07) is 14.8. The van der Waals surface area contributed by atoms with Gasteiger partial charge in [0.1, 0.15) is 11.4 Å². The third kappa shape index (κ3) is 3.23. The summed E-state index contributed by atoms with van der Waals surface area (Å²) in [4.78, 5) is 23.6. The van der Waals surface area contributed by atoms with Crippen LogP contribution in [0.1, 0.15) is 17.3 Å². The lowest BCUT2D eigenvalue weighted by Crippen LogP contribution is -2.06. The number of amides is 2. The average molecular weight is 349 g/mol. The van der Waals surface area contributed by atoms with E-state index in [1.54, 1.807) is 54.6 Å². The Labute approximate surface area is 148 Å². The standard InChI is InChI=1S/C19H15N3O4/c1-11(23)20-15-16(21-22-19(26)12-7-3-2-4-8-12)18(25)14-10-6-5-9-13(14)17(15)24/h2-10,24-25H,1H3,(H,20,23). The number of nitrogens with one attached hydrogen (secondary N) is 1. The van der Waals surface area contributed by atoms with Crippen LogP contribution < -0.4 is 5.32 Å². The minimum absolute atomic E-state index is 0.113. The van der Waals surface area contributed by atoms with Gasteiger partial charge in [0.05, 0.1) is 0 Å². The second-order valence-corrected chi connectivity index (χ2v) is 5.52. The average Bonchev–Trinajstić information content (AvgIpc) is 2.65. The van der Waals surface area contributed by atoms with Crippen LogP contribution in [0.15, 0.2) is 64.8 Å². The van der Waals surface area contributed by atoms with Gasteiger partial charge in [-0.1, -0.05) is 42.5 Å². The first-order chi connectivity index (χ1) is 12.5. The highest BCUT2D eigenvalue weighted by atomic mass is 16.3. The number of anilines is 1. The predicted molar refractivity (Wildman–Crippen MR) is 96.9 cm³/mol. The molecule has 0 saturated carbocycles. The molecule has 0 unspecified atom stereocenters. The minimum atomic E-state index is -0.619. The van der Waals surface area contributed by atoms with Crippen molar-refractivity contribution < 1.29 is 19.8 Å². The maximum absolute atomic E-state index is 12.1. The maximum atomic E-state index is 12.1. The predicted octanol–water partition coefficient (Wildman–Crippen LogP) is 4.13. The Morgan fingerprint density at radius 2 is 1.46 bits per heavy atom. The first-order valence-electron chi connectivity index (χ1n) is 7.74. The molecule has 0 aliphatic carbocycles. The lowest BCUT2D eigenvalue weighted by atomic mass is 10.1. The van der Waals surface area contributed by atoms with Gasteiger partial charge in [0.2, 0.25) is 5.91 Å². The van der Waals surface area contributed by atoms with Crippen molar-refractivity contribution in [2.45, 2.75) is 6.92 Å². The number of phenolic OH excluding ortho intramolecular Hbond substituents is 2. The van der Waals surface area contributed by atoms with Gasteiger partial charge in [-0.3, -0.25) is 9.59 Å². The zero-order valence-electron chi connectivity index (χ0n) is 13.8. The molecule has 0 aromatic heterocycles. The second kappa shape index (κ2) is 7.02. The number of rotatable bonds is 3. The van der Waals surface area contributed by atoms with E-state index in [9.17, 15) is 19.8 Å². The van der Waals surface area contributed by atoms with Crippen molar-refractivity contribution in [3.8, 4) is 11.5 Å². The van der Waals surface area contributed by atoms with Crippen LogP contribution in [0.4, 0.5) is 11.4 Å². The Balaban J connectivity index is 2.14. The largest absolute Gasteiger partial charge is 0.505 e. The first-order valence-corrected chi connectivity index (χ1v) is 7.74. The molecule has 26 heavy (non-hydrogen) atoms. The molecular formula is C19H15N3O4. The lowest BCUT2D eigenvalue weighted by molar-refractivity contribution is -0.114. The van der Waals surface area contributed by atoms with Crippen LogP contribution in [0.2, 0.25) is 0 Å². The molecule has 3 N–H and O–H groups in total. The zero-order valence-corrected chi connectivity index (χ0v) is 13.8. The van der Waals surface area contributed by atoms with Gasteiger partial charge >= 0.3 is 0 Å². The summed E-state index contributed by atoms with van der Waals surface area (Å²) in [5.74, 6) is -1.66. The third-order valence-electron chi connectivity index (χ3n) is 3.70. The summed E-state index contributed by atoms with van der Waals surface area (Å²) in [5, 5.41) is 31.5. The normalized spacial score (nSPS) is 11.0. The number of carbonyl (C=O) groups is 2. The van der Waals surface area contributed by atoms with Gasteiger partial charge in [-0.15, -0.1) is 10.2 Å². The molecule has 0 bridgehead atoms. The molecule has 7 nitrogen and oxygen atoms in total. The zero-order chi connectivity index (χ0) is 18.7. The third-order valence-corrected chi connectivity index (χ3v) is 3.70. The van der Waals surface area contributed by atoms with E-state index < -0.39 is 11.8 Å². The smallest absolute Gasteiger partial charge is 0.295 e. The summed E-state index contributed by atoms with van der Waals surface area (Å²) >= 11 is 0. The van der Waals surface area contributed by atoms with Crippen molar-refractivity contribution in [3.63, 3.8) is 0 Å². The Kier molecular flexibility index (Phi) is 4.62. The van der Waals surface area contributed by atoms with Crippen molar-refractivity contribution in [1.82, 2.24) is 0 Å². The molecule has 0 aliphatic rings. The molecular weight excluding hydrogens is 334 g/mol. The molecule has 0 fully saturated rings. The summed E-state index contributed by atoms with van der Waals surface area (Å²) in [6.45, 7) is 1.25. The Morgan fingerprint density at radius 3 is 2.08 bits per heavy atom. The monoisotopic (exact) mass is 349 g/mol. The summed E-state index contributed by atoms with van der Waals surface area (Å²) in [6.07, 6.45) is 0. The second-order valence-electron chi connectivity index (χ2n) is 5.52. The van der Waals surface area contributed by atoms with E-state index in [4.69, 9.17) is 0 Å². The van der Waals surface area contributed by atoms with Crippen LogP contribution in [0.25, 0.3) is 10.8 Å². The van der Waals surface area contributed by atoms with Gasteiger partial charge in [-0.25, -0.2) is 0 Å². The fraction of sp³-hybridized carbons (Fsp3) is 0.0526. The van der Waals surface area contributed by atoms with Crippen LogP contribution in [0, 0.1) is 0 Å². The van der Waals surface area contributed by atoms with Crippen LogP contribution in [-0.4, -0.2) is 22.0 Å². The number of aromatic hydroxyl groups is 2. The number of nitrogens with zero attached hydrogens (tertiary/aromatic N) is 2. The van der Waals surface area contributed by atoms with Gasteiger partial charge in [0.15, 0.2) is 11.4 Å². The summed E-state index contributed by atoms with van der Waals surface area (Å²) < 4.78 is 0. The fourth-order valence-corrected chi connectivity index (χ4v) is 2.51. The maximum Gasteiger partial charge on any atom is 0.295 e. The van der Waals surface area contributed by atoms with Crippen molar-refractivity contribution in [3.05, 3.63) is 60.2 Å². The number of hydrogen-bond donors (Lipinski definition) is 3. The van der Waals surface area contributed by atoms with E-state index in [2.05, 4.69) is 15.5 Å². The Morgan fingerprint density at radius 1 is 0.885 bits per heavy atom. The van der Waals surface area contributed by atoms with E-state index >= 15 is 0 Å². The van der Waals surface area contributed by atoms with Crippen LogP contribution in [0.5, 0.6) is 11.5 Å². The van der Waals surface area contributed by atoms with E-state index in [-0.39, 0.29) is 22.9 Å². The highest BCUT2D eigenvalue weighted by Gasteiger charge is 2.20. The van der Waals surface area contributed by atoms with Crippen LogP contribution >= 0.6 is 0 Å².